The summed E-state index contributed by atoms with van der Waals surface area (Å²) in [4.78, 5) is 11.8. The quantitative estimate of drug-likeness (QED) is 0.507. The van der Waals surface area contributed by atoms with Crippen molar-refractivity contribution >= 4 is 65.0 Å². The van der Waals surface area contributed by atoms with Gasteiger partial charge in [-0.2, -0.15) is 0 Å². The van der Waals surface area contributed by atoms with Crippen molar-refractivity contribution < 1.29 is 19.2 Å². The molecule has 1 heterocycles. The molecule has 0 fully saturated rings. The van der Waals surface area contributed by atoms with Crippen LogP contribution in [-0.4, -0.2) is 28.5 Å². The maximum atomic E-state index is 11.8. The van der Waals surface area contributed by atoms with Crippen LogP contribution in [0, 0.1) is 0 Å². The zero-order chi connectivity index (χ0) is 14.2. The third-order valence-corrected chi connectivity index (χ3v) is 3.12. The van der Waals surface area contributed by atoms with Crippen LogP contribution in [0.25, 0.3) is 0 Å². The summed E-state index contributed by atoms with van der Waals surface area (Å²) in [6.07, 6.45) is 0. The van der Waals surface area contributed by atoms with Gasteiger partial charge in [-0.05, 0) is 23.2 Å². The molecular weight excluding hydrogens is 337 g/mol. The molecule has 0 aromatic heterocycles. The van der Waals surface area contributed by atoms with Crippen LogP contribution in [0.4, 0.5) is 0 Å². The molecule has 1 N–H and O–H groups in total. The van der Waals surface area contributed by atoms with E-state index < -0.39 is 23.5 Å². The molecule has 0 radical (unpaired) electrons. The van der Waals surface area contributed by atoms with Gasteiger partial charge in [0.2, 0.25) is 3.79 Å². The van der Waals surface area contributed by atoms with Gasteiger partial charge in [-0.1, -0.05) is 46.4 Å². The van der Waals surface area contributed by atoms with Crippen molar-refractivity contribution in [2.45, 2.75) is 10.4 Å². The van der Waals surface area contributed by atoms with Crippen molar-refractivity contribution in [1.29, 1.82) is 0 Å². The molecular formula is C10H7BCl4O4. The van der Waals surface area contributed by atoms with E-state index in [9.17, 15) is 9.82 Å². The van der Waals surface area contributed by atoms with E-state index in [1.54, 1.807) is 6.07 Å². The molecule has 1 aliphatic heterocycles. The first kappa shape index (κ1) is 15.2. The molecule has 9 heteroatoms. The Kier molecular flexibility index (Phi) is 4.55. The molecule has 0 atom stereocenters. The summed E-state index contributed by atoms with van der Waals surface area (Å²) in [7, 11) is -1.08. The van der Waals surface area contributed by atoms with Crippen molar-refractivity contribution in [1.82, 2.24) is 0 Å². The molecule has 19 heavy (non-hydrogen) atoms. The Morgan fingerprint density at radius 3 is 2.79 bits per heavy atom. The Hall–Kier alpha value is -0.165. The Labute approximate surface area is 129 Å². The SMILES string of the molecule is O=C(OCC(Cl)(Cl)Cl)c1cc2c(cc1Cl)COB2O. The Balaban J connectivity index is 2.21. The van der Waals surface area contributed by atoms with E-state index >= 15 is 0 Å². The molecule has 0 saturated heterocycles. The van der Waals surface area contributed by atoms with E-state index in [1.165, 1.54) is 6.07 Å². The lowest BCUT2D eigenvalue weighted by atomic mass is 9.79. The number of halogens is 4. The number of carbonyl (C=O) groups is 1. The van der Waals surface area contributed by atoms with E-state index in [0.717, 1.165) is 5.56 Å². The number of hydrogen-bond acceptors (Lipinski definition) is 4. The summed E-state index contributed by atoms with van der Waals surface area (Å²) in [5, 5.41) is 9.74. The van der Waals surface area contributed by atoms with Gasteiger partial charge in [-0.15, -0.1) is 0 Å². The smallest absolute Gasteiger partial charge is 0.457 e. The predicted octanol–water partition coefficient (Wildman–Crippen LogP) is 2.08. The zero-order valence-electron chi connectivity index (χ0n) is 9.33. The van der Waals surface area contributed by atoms with Crippen molar-refractivity contribution in [2.75, 3.05) is 6.61 Å². The largest absolute Gasteiger partial charge is 0.491 e. The first-order chi connectivity index (χ1) is 8.78. The number of rotatable bonds is 2. The lowest BCUT2D eigenvalue weighted by molar-refractivity contribution is 0.0512. The number of fused-ring (bicyclic) bond motifs is 1. The summed E-state index contributed by atoms with van der Waals surface area (Å²) in [6, 6.07) is 2.95. The molecule has 0 spiro atoms. The molecule has 1 aromatic rings. The summed E-state index contributed by atoms with van der Waals surface area (Å²) in [5.74, 6) is -0.738. The highest BCUT2D eigenvalue weighted by Crippen LogP contribution is 2.27. The molecule has 0 bridgehead atoms. The van der Waals surface area contributed by atoms with Crippen molar-refractivity contribution in [3.63, 3.8) is 0 Å². The minimum atomic E-state index is -1.69. The van der Waals surface area contributed by atoms with Gasteiger partial charge in [0.15, 0.2) is 0 Å². The van der Waals surface area contributed by atoms with Crippen LogP contribution >= 0.6 is 46.4 Å². The van der Waals surface area contributed by atoms with Gasteiger partial charge in [-0.25, -0.2) is 4.79 Å². The molecule has 0 aliphatic carbocycles. The van der Waals surface area contributed by atoms with Crippen LogP contribution in [0.3, 0.4) is 0 Å². The van der Waals surface area contributed by atoms with E-state index in [1.807, 2.05) is 0 Å². The maximum absolute atomic E-state index is 11.8. The topological polar surface area (TPSA) is 55.8 Å². The number of benzene rings is 1. The third-order valence-electron chi connectivity index (χ3n) is 2.48. The first-order valence-corrected chi connectivity index (χ1v) is 6.65. The number of carbonyl (C=O) groups excluding carboxylic acids is 1. The highest BCUT2D eigenvalue weighted by Gasteiger charge is 2.30. The van der Waals surface area contributed by atoms with Crippen molar-refractivity contribution in [2.24, 2.45) is 0 Å². The lowest BCUT2D eigenvalue weighted by Gasteiger charge is -2.12. The average molecular weight is 344 g/mol. The lowest BCUT2D eigenvalue weighted by Crippen LogP contribution is -2.29. The van der Waals surface area contributed by atoms with E-state index in [4.69, 9.17) is 55.8 Å². The molecule has 2 rings (SSSR count). The fourth-order valence-electron chi connectivity index (χ4n) is 1.63. The molecule has 102 valence electrons. The minimum Gasteiger partial charge on any atom is -0.457 e. The Morgan fingerprint density at radius 2 is 2.16 bits per heavy atom. The van der Waals surface area contributed by atoms with Crippen molar-refractivity contribution in [3.05, 3.63) is 28.3 Å². The standard InChI is InChI=1S/C10H7BCl4O4/c12-8-1-5-3-19-11(17)7(5)2-6(8)9(16)18-4-10(13,14)15/h1-2,17H,3-4H2. The van der Waals surface area contributed by atoms with E-state index in [0.29, 0.717) is 5.46 Å². The molecule has 4 nitrogen and oxygen atoms in total. The Bertz CT molecular complexity index is 517. The predicted molar refractivity (Wildman–Crippen MR) is 74.4 cm³/mol. The number of ether oxygens (including phenoxy) is 1. The Morgan fingerprint density at radius 1 is 1.47 bits per heavy atom. The fraction of sp³-hybridized carbons (Fsp3) is 0.300. The molecule has 1 aromatic carbocycles. The van der Waals surface area contributed by atoms with Gasteiger partial charge in [0.05, 0.1) is 17.2 Å². The highest BCUT2D eigenvalue weighted by molar-refractivity contribution is 6.67. The summed E-state index contributed by atoms with van der Waals surface area (Å²) in [6.45, 7) is -0.164. The molecule has 0 amide bonds. The molecule has 0 unspecified atom stereocenters. The highest BCUT2D eigenvalue weighted by atomic mass is 35.6. The molecule has 1 aliphatic rings. The van der Waals surface area contributed by atoms with Crippen LogP contribution in [0.1, 0.15) is 15.9 Å². The number of alkyl halides is 3. The maximum Gasteiger partial charge on any atom is 0.491 e. The van der Waals surface area contributed by atoms with Gasteiger partial charge in [0.25, 0.3) is 0 Å². The van der Waals surface area contributed by atoms with Crippen LogP contribution in [0.2, 0.25) is 5.02 Å². The number of esters is 1. The monoisotopic (exact) mass is 342 g/mol. The van der Waals surface area contributed by atoms with Crippen LogP contribution < -0.4 is 5.46 Å². The second kappa shape index (κ2) is 5.68. The summed E-state index contributed by atoms with van der Waals surface area (Å²) in [5.41, 5.74) is 1.28. The average Bonchev–Trinajstić information content (AvgIpc) is 2.65. The van der Waals surface area contributed by atoms with Gasteiger partial charge in [-0.3, -0.25) is 0 Å². The van der Waals surface area contributed by atoms with Crippen LogP contribution in [0.5, 0.6) is 0 Å². The van der Waals surface area contributed by atoms with Crippen LogP contribution in [-0.2, 0) is 16.0 Å². The zero-order valence-corrected chi connectivity index (χ0v) is 12.4. The summed E-state index contributed by atoms with van der Waals surface area (Å²) < 4.78 is 8.14. The van der Waals surface area contributed by atoms with E-state index in [2.05, 4.69) is 0 Å². The molecule has 0 saturated carbocycles. The summed E-state index contributed by atoms with van der Waals surface area (Å²) >= 11 is 22.4. The minimum absolute atomic E-state index is 0.0826. The van der Waals surface area contributed by atoms with Gasteiger partial charge in [0, 0.05) is 0 Å². The second-order valence-electron chi connectivity index (χ2n) is 3.89. The van der Waals surface area contributed by atoms with Gasteiger partial charge in [0.1, 0.15) is 6.61 Å². The van der Waals surface area contributed by atoms with Gasteiger partial charge < -0.3 is 14.4 Å². The van der Waals surface area contributed by atoms with Crippen molar-refractivity contribution in [3.8, 4) is 0 Å². The first-order valence-electron chi connectivity index (χ1n) is 5.14. The third kappa shape index (κ3) is 3.69. The van der Waals surface area contributed by atoms with Gasteiger partial charge >= 0.3 is 13.1 Å². The van der Waals surface area contributed by atoms with Crippen LogP contribution in [0.15, 0.2) is 12.1 Å². The fourth-order valence-corrected chi connectivity index (χ4v) is 2.05. The normalized spacial score (nSPS) is 14.5. The second-order valence-corrected chi connectivity index (χ2v) is 6.81. The van der Waals surface area contributed by atoms with E-state index in [-0.39, 0.29) is 17.2 Å². The number of hydrogen-bond donors (Lipinski definition) is 1.